The Morgan fingerprint density at radius 1 is 1.13 bits per heavy atom. The van der Waals surface area contributed by atoms with Crippen molar-refractivity contribution in [3.63, 3.8) is 0 Å². The molecule has 0 amide bonds. The first-order valence-corrected chi connectivity index (χ1v) is 7.84. The van der Waals surface area contributed by atoms with Gasteiger partial charge in [0.05, 0.1) is 12.2 Å². The predicted octanol–water partition coefficient (Wildman–Crippen LogP) is 3.69. The van der Waals surface area contributed by atoms with Crippen molar-refractivity contribution in [1.29, 1.82) is 0 Å². The van der Waals surface area contributed by atoms with Gasteiger partial charge in [-0.2, -0.15) is 0 Å². The molecule has 0 radical (unpaired) electrons. The second kappa shape index (κ2) is 6.65. The summed E-state index contributed by atoms with van der Waals surface area (Å²) >= 11 is 0. The van der Waals surface area contributed by atoms with Gasteiger partial charge in [-0.05, 0) is 36.5 Å². The molecule has 1 aromatic heterocycles. The van der Waals surface area contributed by atoms with Gasteiger partial charge in [-0.25, -0.2) is 4.68 Å². The van der Waals surface area contributed by atoms with Crippen LogP contribution in [0.25, 0.3) is 0 Å². The van der Waals surface area contributed by atoms with Crippen LogP contribution < -0.4 is 0 Å². The van der Waals surface area contributed by atoms with Gasteiger partial charge in [0.25, 0.3) is 0 Å². The molecule has 1 N–H and O–H groups in total. The van der Waals surface area contributed by atoms with Crippen molar-refractivity contribution in [2.45, 2.75) is 32.7 Å². The maximum Gasteiger partial charge on any atom is 0.119 e. The van der Waals surface area contributed by atoms with Gasteiger partial charge in [-0.3, -0.25) is 0 Å². The highest BCUT2D eigenvalue weighted by molar-refractivity contribution is 5.38. The molecule has 4 heteroatoms. The molecule has 0 saturated carbocycles. The summed E-state index contributed by atoms with van der Waals surface area (Å²) in [4.78, 5) is 0. The van der Waals surface area contributed by atoms with Crippen molar-refractivity contribution in [3.8, 4) is 5.75 Å². The number of aromatic nitrogens is 3. The van der Waals surface area contributed by atoms with E-state index in [1.54, 1.807) is 6.07 Å². The normalized spacial score (nSPS) is 12.3. The van der Waals surface area contributed by atoms with E-state index in [1.807, 2.05) is 48.1 Å². The number of nitrogens with zero attached hydrogens (tertiary/aromatic N) is 3. The fourth-order valence-electron chi connectivity index (χ4n) is 2.77. The first kappa shape index (κ1) is 15.3. The summed E-state index contributed by atoms with van der Waals surface area (Å²) < 4.78 is 1.85. The third kappa shape index (κ3) is 3.77. The van der Waals surface area contributed by atoms with E-state index in [0.717, 1.165) is 29.8 Å². The largest absolute Gasteiger partial charge is 0.508 e. The SMILES string of the molecule is Cc1ccc(O)c(C(C)Cc2cn(Cc3ccccc3)nn2)c1. The summed E-state index contributed by atoms with van der Waals surface area (Å²) in [6, 6.07) is 15.9. The Kier molecular flexibility index (Phi) is 4.42. The number of hydrogen-bond acceptors (Lipinski definition) is 3. The number of benzene rings is 2. The van der Waals surface area contributed by atoms with Crippen LogP contribution in [0.2, 0.25) is 0 Å². The van der Waals surface area contributed by atoms with Crippen LogP contribution in [0, 0.1) is 6.92 Å². The quantitative estimate of drug-likeness (QED) is 0.782. The zero-order chi connectivity index (χ0) is 16.2. The molecule has 3 rings (SSSR count). The van der Waals surface area contributed by atoms with Gasteiger partial charge >= 0.3 is 0 Å². The fraction of sp³-hybridized carbons (Fsp3) is 0.263. The monoisotopic (exact) mass is 307 g/mol. The number of aromatic hydroxyl groups is 1. The molecule has 1 heterocycles. The van der Waals surface area contributed by atoms with Crippen LogP contribution in [-0.4, -0.2) is 20.1 Å². The molecule has 0 aliphatic rings. The van der Waals surface area contributed by atoms with Gasteiger partial charge in [-0.15, -0.1) is 5.10 Å². The van der Waals surface area contributed by atoms with Gasteiger partial charge in [-0.1, -0.05) is 60.2 Å². The number of aryl methyl sites for hydroxylation is 1. The predicted molar refractivity (Wildman–Crippen MR) is 90.5 cm³/mol. The van der Waals surface area contributed by atoms with Crippen LogP contribution in [-0.2, 0) is 13.0 Å². The van der Waals surface area contributed by atoms with Gasteiger partial charge in [0.1, 0.15) is 5.75 Å². The van der Waals surface area contributed by atoms with Crippen molar-refractivity contribution >= 4 is 0 Å². The lowest BCUT2D eigenvalue weighted by Crippen LogP contribution is -2.00. The minimum absolute atomic E-state index is 0.191. The average Bonchev–Trinajstić information content (AvgIpc) is 2.97. The van der Waals surface area contributed by atoms with Crippen molar-refractivity contribution in [2.24, 2.45) is 0 Å². The zero-order valence-electron chi connectivity index (χ0n) is 13.5. The van der Waals surface area contributed by atoms with Crippen LogP contribution in [0.4, 0.5) is 0 Å². The van der Waals surface area contributed by atoms with E-state index in [0.29, 0.717) is 5.75 Å². The molecular formula is C19H21N3O. The lowest BCUT2D eigenvalue weighted by Gasteiger charge is -2.12. The Morgan fingerprint density at radius 2 is 1.91 bits per heavy atom. The highest BCUT2D eigenvalue weighted by Gasteiger charge is 2.13. The Labute approximate surface area is 136 Å². The molecule has 2 aromatic carbocycles. The topological polar surface area (TPSA) is 50.9 Å². The summed E-state index contributed by atoms with van der Waals surface area (Å²) in [5, 5.41) is 18.5. The smallest absolute Gasteiger partial charge is 0.119 e. The van der Waals surface area contributed by atoms with E-state index in [2.05, 4.69) is 29.4 Å². The molecule has 1 unspecified atom stereocenters. The maximum atomic E-state index is 10.0. The van der Waals surface area contributed by atoms with Crippen molar-refractivity contribution in [1.82, 2.24) is 15.0 Å². The standard InChI is InChI=1S/C19H21N3O/c1-14-8-9-19(23)18(10-14)15(2)11-17-13-22(21-20-17)12-16-6-4-3-5-7-16/h3-10,13,15,23H,11-12H2,1-2H3. The second-order valence-electron chi connectivity index (χ2n) is 6.06. The second-order valence-corrected chi connectivity index (χ2v) is 6.06. The summed E-state index contributed by atoms with van der Waals surface area (Å²) in [7, 11) is 0. The number of rotatable bonds is 5. The molecule has 3 aromatic rings. The van der Waals surface area contributed by atoms with Crippen molar-refractivity contribution in [2.75, 3.05) is 0 Å². The van der Waals surface area contributed by atoms with Crippen LogP contribution in [0.15, 0.2) is 54.7 Å². The molecule has 0 aliphatic carbocycles. The molecule has 1 atom stereocenters. The van der Waals surface area contributed by atoms with Crippen LogP contribution in [0.1, 0.15) is 35.2 Å². The Bertz CT molecular complexity index is 780. The summed E-state index contributed by atoms with van der Waals surface area (Å²) in [5.74, 6) is 0.538. The van der Waals surface area contributed by atoms with Crippen LogP contribution in [0.3, 0.4) is 0 Å². The third-order valence-corrected chi connectivity index (χ3v) is 4.00. The molecule has 0 fully saturated rings. The number of hydrogen-bond donors (Lipinski definition) is 1. The fourth-order valence-corrected chi connectivity index (χ4v) is 2.77. The third-order valence-electron chi connectivity index (χ3n) is 4.00. The van der Waals surface area contributed by atoms with Gasteiger partial charge < -0.3 is 5.11 Å². The minimum atomic E-state index is 0.191. The summed E-state index contributed by atoms with van der Waals surface area (Å²) in [6.45, 7) is 4.86. The molecular weight excluding hydrogens is 286 g/mol. The van der Waals surface area contributed by atoms with E-state index < -0.39 is 0 Å². The van der Waals surface area contributed by atoms with E-state index >= 15 is 0 Å². The molecule has 0 saturated heterocycles. The van der Waals surface area contributed by atoms with Gasteiger partial charge in [0.15, 0.2) is 0 Å². The molecule has 4 nitrogen and oxygen atoms in total. The first-order chi connectivity index (χ1) is 11.1. The minimum Gasteiger partial charge on any atom is -0.508 e. The van der Waals surface area contributed by atoms with E-state index in [1.165, 1.54) is 5.56 Å². The van der Waals surface area contributed by atoms with E-state index in [-0.39, 0.29) is 5.92 Å². The molecule has 118 valence electrons. The summed E-state index contributed by atoms with van der Waals surface area (Å²) in [6.07, 6.45) is 2.74. The average molecular weight is 307 g/mol. The molecule has 0 spiro atoms. The van der Waals surface area contributed by atoms with Crippen molar-refractivity contribution in [3.05, 3.63) is 77.1 Å². The number of phenols is 1. The molecule has 23 heavy (non-hydrogen) atoms. The first-order valence-electron chi connectivity index (χ1n) is 7.84. The lowest BCUT2D eigenvalue weighted by molar-refractivity contribution is 0.462. The van der Waals surface area contributed by atoms with E-state index in [4.69, 9.17) is 0 Å². The Balaban J connectivity index is 1.70. The van der Waals surface area contributed by atoms with Crippen LogP contribution >= 0.6 is 0 Å². The Hall–Kier alpha value is -2.62. The van der Waals surface area contributed by atoms with Gasteiger partial charge in [0, 0.05) is 6.20 Å². The molecule has 0 bridgehead atoms. The van der Waals surface area contributed by atoms with E-state index in [9.17, 15) is 5.11 Å². The number of phenolic OH excluding ortho intramolecular Hbond substituents is 1. The Morgan fingerprint density at radius 3 is 2.70 bits per heavy atom. The van der Waals surface area contributed by atoms with Crippen molar-refractivity contribution < 1.29 is 5.11 Å². The maximum absolute atomic E-state index is 10.0. The molecule has 0 aliphatic heterocycles. The highest BCUT2D eigenvalue weighted by Crippen LogP contribution is 2.28. The zero-order valence-corrected chi connectivity index (χ0v) is 13.5. The van der Waals surface area contributed by atoms with Crippen LogP contribution in [0.5, 0.6) is 5.75 Å². The highest BCUT2D eigenvalue weighted by atomic mass is 16.3. The summed E-state index contributed by atoms with van der Waals surface area (Å²) in [5.41, 5.74) is 4.25. The lowest BCUT2D eigenvalue weighted by atomic mass is 9.94. The van der Waals surface area contributed by atoms with Gasteiger partial charge in [0.2, 0.25) is 0 Å².